The number of rotatable bonds is 3. The van der Waals surface area contributed by atoms with Gasteiger partial charge in [0.1, 0.15) is 6.61 Å². The van der Waals surface area contributed by atoms with Gasteiger partial charge in [-0.2, -0.15) is 5.10 Å². The van der Waals surface area contributed by atoms with Crippen LogP contribution in [-0.4, -0.2) is 24.8 Å². The lowest BCUT2D eigenvalue weighted by molar-refractivity contribution is -0.130. The Balaban J connectivity index is 1.58. The summed E-state index contributed by atoms with van der Waals surface area (Å²) in [5.74, 6) is 0.825. The van der Waals surface area contributed by atoms with Crippen LogP contribution in [0.1, 0.15) is 5.56 Å². The molecule has 1 aliphatic rings. The zero-order valence-corrected chi connectivity index (χ0v) is 12.3. The maximum Gasteiger partial charge on any atom is 0.284 e. The van der Waals surface area contributed by atoms with E-state index in [1.165, 1.54) is 6.21 Å². The first-order chi connectivity index (χ1) is 10.7. The SMILES string of the molecule is O=C(NN=Cc1ccc(Cl)cc1)[C@H]1COc2ccccc2O1. The second kappa shape index (κ2) is 6.49. The Morgan fingerprint density at radius 2 is 1.91 bits per heavy atom. The lowest BCUT2D eigenvalue weighted by atomic mass is 10.2. The molecule has 112 valence electrons. The number of carbonyl (C=O) groups excluding carboxylic acids is 1. The highest BCUT2D eigenvalue weighted by atomic mass is 35.5. The van der Waals surface area contributed by atoms with Gasteiger partial charge in [-0.15, -0.1) is 0 Å². The van der Waals surface area contributed by atoms with Crippen molar-refractivity contribution in [3.63, 3.8) is 0 Å². The Morgan fingerprint density at radius 3 is 2.68 bits per heavy atom. The average Bonchev–Trinajstić information content (AvgIpc) is 2.56. The van der Waals surface area contributed by atoms with E-state index in [9.17, 15) is 4.79 Å². The second-order valence-corrected chi connectivity index (χ2v) is 5.09. The molecule has 0 saturated heterocycles. The van der Waals surface area contributed by atoms with Gasteiger partial charge in [0.2, 0.25) is 6.10 Å². The molecule has 2 aromatic carbocycles. The maximum absolute atomic E-state index is 12.0. The van der Waals surface area contributed by atoms with Crippen LogP contribution in [0.15, 0.2) is 53.6 Å². The first-order valence-electron chi connectivity index (χ1n) is 6.69. The lowest BCUT2D eigenvalue weighted by Crippen LogP contribution is -2.42. The summed E-state index contributed by atoms with van der Waals surface area (Å²) in [4.78, 5) is 12.0. The number of halogens is 1. The smallest absolute Gasteiger partial charge is 0.284 e. The van der Waals surface area contributed by atoms with Crippen molar-refractivity contribution in [3.8, 4) is 11.5 Å². The van der Waals surface area contributed by atoms with Gasteiger partial charge >= 0.3 is 0 Å². The van der Waals surface area contributed by atoms with E-state index in [0.717, 1.165) is 5.56 Å². The molecule has 1 aliphatic heterocycles. The predicted octanol–water partition coefficient (Wildman–Crippen LogP) is 2.63. The Morgan fingerprint density at radius 1 is 1.18 bits per heavy atom. The molecule has 0 aromatic heterocycles. The van der Waals surface area contributed by atoms with Crippen LogP contribution >= 0.6 is 11.6 Å². The van der Waals surface area contributed by atoms with Crippen molar-refractivity contribution >= 4 is 23.7 Å². The highest BCUT2D eigenvalue weighted by Crippen LogP contribution is 2.30. The normalized spacial score (nSPS) is 16.5. The Labute approximate surface area is 132 Å². The fraction of sp³-hybridized carbons (Fsp3) is 0.125. The van der Waals surface area contributed by atoms with E-state index >= 15 is 0 Å². The summed E-state index contributed by atoms with van der Waals surface area (Å²) in [5.41, 5.74) is 3.27. The van der Waals surface area contributed by atoms with E-state index in [0.29, 0.717) is 16.5 Å². The van der Waals surface area contributed by atoms with Gasteiger partial charge in [-0.25, -0.2) is 5.43 Å². The molecular weight excluding hydrogens is 304 g/mol. The first kappa shape index (κ1) is 14.4. The zero-order chi connectivity index (χ0) is 15.4. The van der Waals surface area contributed by atoms with Crippen molar-refractivity contribution in [2.24, 2.45) is 5.10 Å². The Bertz CT molecular complexity index is 701. The number of carbonyl (C=O) groups is 1. The van der Waals surface area contributed by atoms with Gasteiger partial charge in [0, 0.05) is 5.02 Å². The molecule has 0 unspecified atom stereocenters. The molecule has 0 radical (unpaired) electrons. The third-order valence-electron chi connectivity index (χ3n) is 3.06. The standard InChI is InChI=1S/C16H13ClN2O3/c17-12-7-5-11(6-8-12)9-18-19-16(20)15-10-21-13-3-1-2-4-14(13)22-15/h1-9,15H,10H2,(H,19,20)/t15-/m1/s1. The zero-order valence-electron chi connectivity index (χ0n) is 11.5. The van der Waals surface area contributed by atoms with E-state index in [4.69, 9.17) is 21.1 Å². The number of benzene rings is 2. The van der Waals surface area contributed by atoms with Crippen LogP contribution < -0.4 is 14.9 Å². The third kappa shape index (κ3) is 3.38. The summed E-state index contributed by atoms with van der Waals surface area (Å²) in [7, 11) is 0. The number of ether oxygens (including phenoxy) is 2. The van der Waals surface area contributed by atoms with Crippen molar-refractivity contribution in [2.45, 2.75) is 6.10 Å². The number of hydrazone groups is 1. The van der Waals surface area contributed by atoms with Crippen molar-refractivity contribution in [1.82, 2.24) is 5.43 Å². The first-order valence-corrected chi connectivity index (χ1v) is 7.07. The highest BCUT2D eigenvalue weighted by molar-refractivity contribution is 6.30. The lowest BCUT2D eigenvalue weighted by Gasteiger charge is -2.24. The van der Waals surface area contributed by atoms with E-state index in [1.54, 1.807) is 36.4 Å². The van der Waals surface area contributed by atoms with Gasteiger partial charge in [-0.05, 0) is 29.8 Å². The van der Waals surface area contributed by atoms with Gasteiger partial charge < -0.3 is 9.47 Å². The maximum atomic E-state index is 12.0. The fourth-order valence-corrected chi connectivity index (χ4v) is 2.07. The molecule has 6 heteroatoms. The quantitative estimate of drug-likeness (QED) is 0.699. The van der Waals surface area contributed by atoms with Crippen molar-refractivity contribution in [3.05, 3.63) is 59.1 Å². The van der Waals surface area contributed by atoms with Crippen molar-refractivity contribution in [2.75, 3.05) is 6.61 Å². The van der Waals surface area contributed by atoms with Crippen LogP contribution in [0.5, 0.6) is 11.5 Å². The molecule has 0 aliphatic carbocycles. The summed E-state index contributed by atoms with van der Waals surface area (Å²) in [5, 5.41) is 4.55. The third-order valence-corrected chi connectivity index (χ3v) is 3.31. The molecule has 5 nitrogen and oxygen atoms in total. The topological polar surface area (TPSA) is 59.9 Å². The minimum absolute atomic E-state index is 0.152. The van der Waals surface area contributed by atoms with Crippen LogP contribution in [0.2, 0.25) is 5.02 Å². The number of hydrogen-bond acceptors (Lipinski definition) is 4. The Kier molecular flexibility index (Phi) is 4.25. The summed E-state index contributed by atoms with van der Waals surface area (Å²) < 4.78 is 11.1. The van der Waals surface area contributed by atoms with Crippen LogP contribution in [0, 0.1) is 0 Å². The molecule has 0 fully saturated rings. The molecule has 0 spiro atoms. The molecule has 1 heterocycles. The van der Waals surface area contributed by atoms with E-state index in [-0.39, 0.29) is 12.5 Å². The van der Waals surface area contributed by atoms with E-state index in [2.05, 4.69) is 10.5 Å². The van der Waals surface area contributed by atoms with E-state index < -0.39 is 6.10 Å². The van der Waals surface area contributed by atoms with Gasteiger partial charge in [-0.3, -0.25) is 4.79 Å². The van der Waals surface area contributed by atoms with Crippen LogP contribution in [-0.2, 0) is 4.79 Å². The highest BCUT2D eigenvalue weighted by Gasteiger charge is 2.26. The monoisotopic (exact) mass is 316 g/mol. The molecule has 22 heavy (non-hydrogen) atoms. The van der Waals surface area contributed by atoms with Gasteiger partial charge in [-0.1, -0.05) is 35.9 Å². The molecule has 1 N–H and O–H groups in total. The van der Waals surface area contributed by atoms with Gasteiger partial charge in [0.15, 0.2) is 11.5 Å². The fourth-order valence-electron chi connectivity index (χ4n) is 1.94. The molecule has 0 bridgehead atoms. The molecule has 0 saturated carbocycles. The minimum atomic E-state index is -0.725. The Hall–Kier alpha value is -2.53. The summed E-state index contributed by atoms with van der Waals surface area (Å²) in [6.07, 6.45) is 0.809. The summed E-state index contributed by atoms with van der Waals surface area (Å²) in [6.45, 7) is 0.152. The molecule has 2 aromatic rings. The number of amides is 1. The number of fused-ring (bicyclic) bond motifs is 1. The van der Waals surface area contributed by atoms with Crippen molar-refractivity contribution < 1.29 is 14.3 Å². The minimum Gasteiger partial charge on any atom is -0.485 e. The van der Waals surface area contributed by atoms with Crippen molar-refractivity contribution in [1.29, 1.82) is 0 Å². The predicted molar refractivity (Wildman–Crippen MR) is 83.5 cm³/mol. The van der Waals surface area contributed by atoms with E-state index in [1.807, 2.05) is 12.1 Å². The largest absolute Gasteiger partial charge is 0.485 e. The van der Waals surface area contributed by atoms with Crippen LogP contribution in [0.4, 0.5) is 0 Å². The number of nitrogens with one attached hydrogen (secondary N) is 1. The van der Waals surface area contributed by atoms with Gasteiger partial charge in [0.25, 0.3) is 5.91 Å². The van der Waals surface area contributed by atoms with Crippen LogP contribution in [0.3, 0.4) is 0 Å². The average molecular weight is 317 g/mol. The number of hydrogen-bond donors (Lipinski definition) is 1. The summed E-state index contributed by atoms with van der Waals surface area (Å²) in [6, 6.07) is 14.3. The van der Waals surface area contributed by atoms with Gasteiger partial charge in [0.05, 0.1) is 6.21 Å². The molecule has 1 atom stereocenters. The molecular formula is C16H13ClN2O3. The van der Waals surface area contributed by atoms with Crippen LogP contribution in [0.25, 0.3) is 0 Å². The second-order valence-electron chi connectivity index (χ2n) is 4.65. The number of para-hydroxylation sites is 2. The molecule has 1 amide bonds. The number of nitrogens with zero attached hydrogens (tertiary/aromatic N) is 1. The molecule has 3 rings (SSSR count). The summed E-state index contributed by atoms with van der Waals surface area (Å²) >= 11 is 5.79.